The zero-order chi connectivity index (χ0) is 10.8. The van der Waals surface area contributed by atoms with Gasteiger partial charge in [0, 0.05) is 11.3 Å². The van der Waals surface area contributed by atoms with Gasteiger partial charge in [0.1, 0.15) is 0 Å². The van der Waals surface area contributed by atoms with Crippen molar-refractivity contribution in [2.45, 2.75) is 13.8 Å². The monoisotopic (exact) mass is 199 g/mol. The summed E-state index contributed by atoms with van der Waals surface area (Å²) >= 11 is 0. The quantitative estimate of drug-likeness (QED) is 0.704. The molecule has 0 radical (unpaired) electrons. The highest BCUT2D eigenvalue weighted by molar-refractivity contribution is 6.18. The molecule has 0 amide bonds. The van der Waals surface area contributed by atoms with Crippen LogP contribution >= 0.6 is 0 Å². The lowest BCUT2D eigenvalue weighted by molar-refractivity contribution is 0.104. The van der Waals surface area contributed by atoms with Gasteiger partial charge in [-0.3, -0.25) is 4.79 Å². The largest absolute Gasteiger partial charge is 0.352 e. The molecule has 2 rings (SSSR count). The van der Waals surface area contributed by atoms with Crippen LogP contribution in [0, 0.1) is 0 Å². The molecular weight excluding hydrogens is 186 g/mol. The number of hydrogen-bond donors (Lipinski definition) is 1. The Morgan fingerprint density at radius 1 is 1.27 bits per heavy atom. The average Bonchev–Trinajstić information content (AvgIpc) is 2.54. The number of rotatable bonds is 1. The summed E-state index contributed by atoms with van der Waals surface area (Å²) in [7, 11) is 0. The van der Waals surface area contributed by atoms with Crippen LogP contribution in [0.2, 0.25) is 0 Å². The van der Waals surface area contributed by atoms with Crippen LogP contribution in [0.3, 0.4) is 0 Å². The molecule has 0 fully saturated rings. The Kier molecular flexibility index (Phi) is 2.42. The first-order valence-corrected chi connectivity index (χ1v) is 4.94. The number of nitrogens with one attached hydrogen (secondary N) is 1. The summed E-state index contributed by atoms with van der Waals surface area (Å²) in [4.78, 5) is 11.8. The Hall–Kier alpha value is -1.83. The van der Waals surface area contributed by atoms with Gasteiger partial charge in [0.05, 0.1) is 5.70 Å². The highest BCUT2D eigenvalue weighted by Crippen LogP contribution is 2.27. The van der Waals surface area contributed by atoms with Gasteiger partial charge in [-0.15, -0.1) is 0 Å². The Morgan fingerprint density at radius 2 is 2.00 bits per heavy atom. The van der Waals surface area contributed by atoms with Crippen molar-refractivity contribution in [3.8, 4) is 0 Å². The second-order valence-electron chi connectivity index (χ2n) is 3.82. The SMILES string of the molecule is CC(C)=CC=C1Nc2ccccc2C1=O. The van der Waals surface area contributed by atoms with Crippen molar-refractivity contribution < 1.29 is 4.79 Å². The predicted molar refractivity (Wildman–Crippen MR) is 61.9 cm³/mol. The number of fused-ring (bicyclic) bond motifs is 1. The van der Waals surface area contributed by atoms with Crippen molar-refractivity contribution in [2.75, 3.05) is 5.32 Å². The highest BCUT2D eigenvalue weighted by Gasteiger charge is 2.22. The molecule has 1 aromatic carbocycles. The second kappa shape index (κ2) is 3.73. The lowest BCUT2D eigenvalue weighted by Crippen LogP contribution is -1.99. The number of para-hydroxylation sites is 1. The van der Waals surface area contributed by atoms with Crippen molar-refractivity contribution in [2.24, 2.45) is 0 Å². The van der Waals surface area contributed by atoms with Crippen molar-refractivity contribution in [3.05, 3.63) is 53.3 Å². The molecule has 2 heteroatoms. The van der Waals surface area contributed by atoms with E-state index < -0.39 is 0 Å². The van der Waals surface area contributed by atoms with Gasteiger partial charge in [0.2, 0.25) is 5.78 Å². The first-order chi connectivity index (χ1) is 7.18. The third-order valence-electron chi connectivity index (χ3n) is 2.27. The van der Waals surface area contributed by atoms with E-state index in [2.05, 4.69) is 5.32 Å². The molecular formula is C13H13NO. The molecule has 1 heterocycles. The predicted octanol–water partition coefficient (Wildman–Crippen LogP) is 3.14. The van der Waals surface area contributed by atoms with E-state index in [1.54, 1.807) is 0 Å². The Bertz CT molecular complexity index is 465. The van der Waals surface area contributed by atoms with Crippen molar-refractivity contribution in [3.63, 3.8) is 0 Å². The van der Waals surface area contributed by atoms with Gasteiger partial charge < -0.3 is 5.32 Å². The van der Waals surface area contributed by atoms with E-state index in [0.29, 0.717) is 5.70 Å². The van der Waals surface area contributed by atoms with Gasteiger partial charge in [-0.25, -0.2) is 0 Å². The normalized spacial score (nSPS) is 16.1. The average molecular weight is 199 g/mol. The fourth-order valence-corrected chi connectivity index (χ4v) is 1.50. The van der Waals surface area contributed by atoms with Crippen LogP contribution in [-0.4, -0.2) is 5.78 Å². The Morgan fingerprint density at radius 3 is 2.67 bits per heavy atom. The molecule has 1 aromatic rings. The molecule has 0 aliphatic carbocycles. The van der Waals surface area contributed by atoms with Crippen LogP contribution in [0.4, 0.5) is 5.69 Å². The van der Waals surface area contributed by atoms with E-state index >= 15 is 0 Å². The highest BCUT2D eigenvalue weighted by atomic mass is 16.1. The molecule has 0 saturated heterocycles. The number of carbonyl (C=O) groups excluding carboxylic acids is 1. The van der Waals surface area contributed by atoms with E-state index in [9.17, 15) is 4.79 Å². The van der Waals surface area contributed by atoms with Gasteiger partial charge >= 0.3 is 0 Å². The molecule has 0 atom stereocenters. The summed E-state index contributed by atoms with van der Waals surface area (Å²) in [5.41, 5.74) is 3.48. The van der Waals surface area contributed by atoms with E-state index in [1.165, 1.54) is 5.57 Å². The van der Waals surface area contributed by atoms with Crippen LogP contribution < -0.4 is 5.32 Å². The lowest BCUT2D eigenvalue weighted by Gasteiger charge is -1.95. The molecule has 0 bridgehead atoms. The minimum absolute atomic E-state index is 0.0723. The molecule has 2 nitrogen and oxygen atoms in total. The van der Waals surface area contributed by atoms with Gasteiger partial charge in [0.15, 0.2) is 0 Å². The summed E-state index contributed by atoms with van der Waals surface area (Å²) in [5, 5.41) is 3.11. The number of benzene rings is 1. The minimum atomic E-state index is 0.0723. The van der Waals surface area contributed by atoms with Crippen LogP contribution in [0.5, 0.6) is 0 Å². The second-order valence-corrected chi connectivity index (χ2v) is 3.82. The molecule has 15 heavy (non-hydrogen) atoms. The summed E-state index contributed by atoms with van der Waals surface area (Å²) in [5.74, 6) is 0.0723. The number of carbonyl (C=O) groups is 1. The first kappa shape index (κ1) is 9.71. The first-order valence-electron chi connectivity index (χ1n) is 4.94. The van der Waals surface area contributed by atoms with Crippen molar-refractivity contribution in [1.29, 1.82) is 0 Å². The Labute approximate surface area is 89.3 Å². The lowest BCUT2D eigenvalue weighted by atomic mass is 10.1. The molecule has 0 spiro atoms. The maximum absolute atomic E-state index is 11.8. The number of hydrogen-bond acceptors (Lipinski definition) is 2. The third kappa shape index (κ3) is 1.84. The molecule has 0 saturated carbocycles. The van der Waals surface area contributed by atoms with Gasteiger partial charge in [-0.2, -0.15) is 0 Å². The van der Waals surface area contributed by atoms with Gasteiger partial charge in [0.25, 0.3) is 0 Å². The zero-order valence-electron chi connectivity index (χ0n) is 8.87. The third-order valence-corrected chi connectivity index (χ3v) is 2.27. The maximum Gasteiger partial charge on any atom is 0.211 e. The van der Waals surface area contributed by atoms with Crippen molar-refractivity contribution in [1.82, 2.24) is 0 Å². The fraction of sp³-hybridized carbons (Fsp3) is 0.154. The van der Waals surface area contributed by atoms with Crippen LogP contribution in [-0.2, 0) is 0 Å². The van der Waals surface area contributed by atoms with E-state index in [0.717, 1.165) is 11.3 Å². The summed E-state index contributed by atoms with van der Waals surface area (Å²) in [6.07, 6.45) is 3.77. The van der Waals surface area contributed by atoms with Crippen molar-refractivity contribution >= 4 is 11.5 Å². The number of allylic oxidation sites excluding steroid dienone is 4. The summed E-state index contributed by atoms with van der Waals surface area (Å²) < 4.78 is 0. The minimum Gasteiger partial charge on any atom is -0.352 e. The maximum atomic E-state index is 11.8. The van der Waals surface area contributed by atoms with Crippen LogP contribution in [0.15, 0.2) is 47.7 Å². The number of ketones is 1. The summed E-state index contributed by atoms with van der Waals surface area (Å²) in [6, 6.07) is 7.55. The molecule has 0 aromatic heterocycles. The van der Waals surface area contributed by atoms with Gasteiger partial charge in [-0.1, -0.05) is 23.8 Å². The van der Waals surface area contributed by atoms with Crippen LogP contribution in [0.25, 0.3) is 0 Å². The molecule has 76 valence electrons. The molecule has 1 aliphatic heterocycles. The zero-order valence-corrected chi connectivity index (χ0v) is 8.87. The van der Waals surface area contributed by atoms with E-state index in [4.69, 9.17) is 0 Å². The van der Waals surface area contributed by atoms with Gasteiger partial charge in [-0.05, 0) is 32.1 Å². The smallest absolute Gasteiger partial charge is 0.211 e. The fourth-order valence-electron chi connectivity index (χ4n) is 1.50. The topological polar surface area (TPSA) is 29.1 Å². The number of anilines is 1. The molecule has 0 unspecified atom stereocenters. The van der Waals surface area contributed by atoms with E-state index in [1.807, 2.05) is 50.3 Å². The van der Waals surface area contributed by atoms with E-state index in [-0.39, 0.29) is 5.78 Å². The Balaban J connectivity index is 2.35. The molecule has 1 N–H and O–H groups in total. The summed E-state index contributed by atoms with van der Waals surface area (Å²) in [6.45, 7) is 4.01. The van der Waals surface area contributed by atoms with Crippen LogP contribution in [0.1, 0.15) is 24.2 Å². The standard InChI is InChI=1S/C13H13NO/c1-9(2)7-8-12-13(15)10-5-3-4-6-11(10)14-12/h3-8,14H,1-2H3. The number of Topliss-reactive ketones (excluding diaryl/α,β-unsaturated/α-hetero) is 1. The molecule has 1 aliphatic rings.